The second kappa shape index (κ2) is 8.02. The Balaban J connectivity index is 1.42. The SMILES string of the molecule is CC1CC1C(=O)Nc1cccc(C(=O)Nc2cccc(N3CCOCC3)c2)c1. The quantitative estimate of drug-likeness (QED) is 0.836. The Morgan fingerprint density at radius 1 is 1.00 bits per heavy atom. The van der Waals surface area contributed by atoms with Crippen molar-refractivity contribution in [3.05, 3.63) is 54.1 Å². The fraction of sp³-hybridized carbons (Fsp3) is 0.364. The number of carbonyl (C=O) groups excluding carboxylic acids is 2. The minimum absolute atomic E-state index is 0.0308. The molecule has 1 heterocycles. The van der Waals surface area contributed by atoms with E-state index in [1.165, 1.54) is 0 Å². The number of hydrogen-bond acceptors (Lipinski definition) is 4. The minimum atomic E-state index is -0.199. The molecule has 4 rings (SSSR count). The van der Waals surface area contributed by atoms with Gasteiger partial charge in [0.1, 0.15) is 0 Å². The van der Waals surface area contributed by atoms with E-state index >= 15 is 0 Å². The number of hydrogen-bond donors (Lipinski definition) is 2. The third-order valence-corrected chi connectivity index (χ3v) is 5.32. The summed E-state index contributed by atoms with van der Waals surface area (Å²) in [5, 5.41) is 5.86. The zero-order chi connectivity index (χ0) is 19.5. The Labute approximate surface area is 164 Å². The summed E-state index contributed by atoms with van der Waals surface area (Å²) in [5.41, 5.74) is 2.98. The van der Waals surface area contributed by atoms with Crippen molar-refractivity contribution in [2.24, 2.45) is 11.8 Å². The summed E-state index contributed by atoms with van der Waals surface area (Å²) in [5.74, 6) is 0.379. The molecule has 2 amide bonds. The van der Waals surface area contributed by atoms with Crippen LogP contribution in [-0.2, 0) is 9.53 Å². The van der Waals surface area contributed by atoms with E-state index in [9.17, 15) is 9.59 Å². The highest BCUT2D eigenvalue weighted by Crippen LogP contribution is 2.38. The molecule has 1 saturated heterocycles. The van der Waals surface area contributed by atoms with E-state index in [4.69, 9.17) is 4.74 Å². The summed E-state index contributed by atoms with van der Waals surface area (Å²) in [7, 11) is 0. The molecular weight excluding hydrogens is 354 g/mol. The molecule has 0 bridgehead atoms. The topological polar surface area (TPSA) is 70.7 Å². The molecule has 6 nitrogen and oxygen atoms in total. The molecule has 1 saturated carbocycles. The Bertz CT molecular complexity index is 877. The molecule has 0 spiro atoms. The van der Waals surface area contributed by atoms with E-state index in [-0.39, 0.29) is 17.7 Å². The van der Waals surface area contributed by atoms with E-state index in [1.54, 1.807) is 24.3 Å². The maximum atomic E-state index is 12.7. The standard InChI is InChI=1S/C22H25N3O3/c1-15-12-20(15)22(27)24-17-5-2-4-16(13-17)21(26)23-18-6-3-7-19(14-18)25-8-10-28-11-9-25/h2-7,13-15,20H,8-12H2,1H3,(H,23,26)(H,24,27). The number of rotatable bonds is 5. The van der Waals surface area contributed by atoms with Crippen molar-refractivity contribution < 1.29 is 14.3 Å². The van der Waals surface area contributed by atoms with Crippen LogP contribution in [0, 0.1) is 11.8 Å². The summed E-state index contributed by atoms with van der Waals surface area (Å²) in [6.07, 6.45) is 0.936. The van der Waals surface area contributed by atoms with Crippen molar-refractivity contribution in [3.8, 4) is 0 Å². The predicted molar refractivity (Wildman–Crippen MR) is 110 cm³/mol. The predicted octanol–water partition coefficient (Wildman–Crippen LogP) is 3.37. The van der Waals surface area contributed by atoms with Crippen LogP contribution in [0.5, 0.6) is 0 Å². The minimum Gasteiger partial charge on any atom is -0.378 e. The van der Waals surface area contributed by atoms with Gasteiger partial charge in [-0.05, 0) is 48.7 Å². The van der Waals surface area contributed by atoms with Gasteiger partial charge in [-0.1, -0.05) is 19.1 Å². The Hall–Kier alpha value is -2.86. The van der Waals surface area contributed by atoms with Gasteiger partial charge < -0.3 is 20.3 Å². The number of nitrogens with zero attached hydrogens (tertiary/aromatic N) is 1. The Morgan fingerprint density at radius 3 is 2.39 bits per heavy atom. The van der Waals surface area contributed by atoms with E-state index in [0.717, 1.165) is 30.9 Å². The summed E-state index contributed by atoms with van der Waals surface area (Å²) in [4.78, 5) is 27.0. The largest absolute Gasteiger partial charge is 0.378 e. The van der Waals surface area contributed by atoms with Gasteiger partial charge in [0.15, 0.2) is 0 Å². The Morgan fingerprint density at radius 2 is 1.68 bits per heavy atom. The van der Waals surface area contributed by atoms with Crippen molar-refractivity contribution in [2.75, 3.05) is 41.8 Å². The lowest BCUT2D eigenvalue weighted by Gasteiger charge is -2.29. The number of benzene rings is 2. The zero-order valence-electron chi connectivity index (χ0n) is 16.0. The van der Waals surface area contributed by atoms with Crippen molar-refractivity contribution in [2.45, 2.75) is 13.3 Å². The molecule has 1 aliphatic heterocycles. The fourth-order valence-corrected chi connectivity index (χ4v) is 3.47. The first kappa shape index (κ1) is 18.5. The number of morpholine rings is 1. The van der Waals surface area contributed by atoms with Gasteiger partial charge >= 0.3 is 0 Å². The van der Waals surface area contributed by atoms with Crippen LogP contribution in [0.4, 0.5) is 17.1 Å². The van der Waals surface area contributed by atoms with E-state index < -0.39 is 0 Å². The van der Waals surface area contributed by atoms with Gasteiger partial charge in [-0.25, -0.2) is 0 Å². The first-order valence-electron chi connectivity index (χ1n) is 9.75. The lowest BCUT2D eigenvalue weighted by molar-refractivity contribution is -0.117. The van der Waals surface area contributed by atoms with Crippen LogP contribution in [0.1, 0.15) is 23.7 Å². The highest BCUT2D eigenvalue weighted by molar-refractivity contribution is 6.05. The molecule has 2 fully saturated rings. The average molecular weight is 379 g/mol. The number of amides is 2. The second-order valence-corrected chi connectivity index (χ2v) is 7.49. The molecule has 28 heavy (non-hydrogen) atoms. The van der Waals surface area contributed by atoms with Gasteiger partial charge in [-0.2, -0.15) is 0 Å². The Kier molecular flexibility index (Phi) is 5.30. The van der Waals surface area contributed by atoms with Gasteiger partial charge in [-0.15, -0.1) is 0 Å². The van der Waals surface area contributed by atoms with Crippen LogP contribution in [0.25, 0.3) is 0 Å². The summed E-state index contributed by atoms with van der Waals surface area (Å²) in [6.45, 7) is 5.19. The molecule has 2 atom stereocenters. The third kappa shape index (κ3) is 4.34. The van der Waals surface area contributed by atoms with Crippen molar-refractivity contribution in [1.29, 1.82) is 0 Å². The highest BCUT2D eigenvalue weighted by atomic mass is 16.5. The molecule has 2 N–H and O–H groups in total. The lowest BCUT2D eigenvalue weighted by Crippen LogP contribution is -2.36. The molecule has 0 radical (unpaired) electrons. The number of anilines is 3. The smallest absolute Gasteiger partial charge is 0.255 e. The van der Waals surface area contributed by atoms with Crippen LogP contribution < -0.4 is 15.5 Å². The summed E-state index contributed by atoms with van der Waals surface area (Å²) >= 11 is 0. The summed E-state index contributed by atoms with van der Waals surface area (Å²) < 4.78 is 5.40. The van der Waals surface area contributed by atoms with Gasteiger partial charge in [0.2, 0.25) is 5.91 Å². The molecule has 1 aliphatic carbocycles. The van der Waals surface area contributed by atoms with Crippen molar-refractivity contribution in [3.63, 3.8) is 0 Å². The second-order valence-electron chi connectivity index (χ2n) is 7.49. The van der Waals surface area contributed by atoms with Crippen LogP contribution in [0.2, 0.25) is 0 Å². The van der Waals surface area contributed by atoms with Crippen LogP contribution in [0.3, 0.4) is 0 Å². The van der Waals surface area contributed by atoms with Crippen molar-refractivity contribution in [1.82, 2.24) is 0 Å². The third-order valence-electron chi connectivity index (χ3n) is 5.32. The molecule has 0 aromatic heterocycles. The van der Waals surface area contributed by atoms with Gasteiger partial charge in [0.25, 0.3) is 5.91 Å². The molecule has 2 unspecified atom stereocenters. The van der Waals surface area contributed by atoms with Gasteiger partial charge in [0.05, 0.1) is 13.2 Å². The average Bonchev–Trinajstić information content (AvgIpc) is 3.46. The molecule has 6 heteroatoms. The molecule has 2 aliphatic rings. The number of ether oxygens (including phenoxy) is 1. The maximum absolute atomic E-state index is 12.7. The van der Waals surface area contributed by atoms with Gasteiger partial charge in [-0.3, -0.25) is 9.59 Å². The first-order chi connectivity index (χ1) is 13.6. The monoisotopic (exact) mass is 379 g/mol. The molecule has 2 aromatic carbocycles. The van der Waals surface area contributed by atoms with E-state index in [1.807, 2.05) is 24.3 Å². The van der Waals surface area contributed by atoms with Crippen LogP contribution >= 0.6 is 0 Å². The molecular formula is C22H25N3O3. The normalized spacial score (nSPS) is 21.1. The highest BCUT2D eigenvalue weighted by Gasteiger charge is 2.39. The fourth-order valence-electron chi connectivity index (χ4n) is 3.47. The number of nitrogens with one attached hydrogen (secondary N) is 2. The first-order valence-corrected chi connectivity index (χ1v) is 9.75. The van der Waals surface area contributed by atoms with Crippen molar-refractivity contribution >= 4 is 28.9 Å². The molecule has 2 aromatic rings. The zero-order valence-corrected chi connectivity index (χ0v) is 16.0. The van der Waals surface area contributed by atoms with Crippen LogP contribution in [-0.4, -0.2) is 38.1 Å². The molecule has 146 valence electrons. The maximum Gasteiger partial charge on any atom is 0.255 e. The van der Waals surface area contributed by atoms with Gasteiger partial charge in [0, 0.05) is 41.6 Å². The number of carbonyl (C=O) groups is 2. The van der Waals surface area contributed by atoms with E-state index in [0.29, 0.717) is 30.4 Å². The van der Waals surface area contributed by atoms with Crippen LogP contribution in [0.15, 0.2) is 48.5 Å². The summed E-state index contributed by atoms with van der Waals surface area (Å²) in [6, 6.07) is 14.9. The van der Waals surface area contributed by atoms with E-state index in [2.05, 4.69) is 22.5 Å². The lowest BCUT2D eigenvalue weighted by atomic mass is 10.1.